The molecule has 2 aromatic rings. The van der Waals surface area contributed by atoms with Gasteiger partial charge in [0.1, 0.15) is 12.4 Å². The maximum atomic E-state index is 11.1. The third kappa shape index (κ3) is 5.44. The van der Waals surface area contributed by atoms with Crippen LogP contribution in [-0.4, -0.2) is 19.2 Å². The number of carbonyl (C=O) groups is 1. The molecule has 0 unspecified atom stereocenters. The van der Waals surface area contributed by atoms with Gasteiger partial charge in [0.25, 0.3) is 0 Å². The summed E-state index contributed by atoms with van der Waals surface area (Å²) in [6.45, 7) is 2.50. The summed E-state index contributed by atoms with van der Waals surface area (Å²) in [5.74, 6) is 0.439. The number of hydrogen-bond acceptors (Lipinski definition) is 3. The number of hydrogen-bond donors (Lipinski definition) is 0. The normalized spacial score (nSPS) is 10.6. The van der Waals surface area contributed by atoms with Gasteiger partial charge in [-0.3, -0.25) is 0 Å². The molecule has 3 heteroatoms. The molecule has 2 aromatic carbocycles. The van der Waals surface area contributed by atoms with Gasteiger partial charge in [-0.1, -0.05) is 42.5 Å². The Morgan fingerprint density at radius 2 is 1.68 bits per heavy atom. The molecule has 0 aromatic heterocycles. The maximum Gasteiger partial charge on any atom is 0.330 e. The van der Waals surface area contributed by atoms with Gasteiger partial charge in [0.05, 0.1) is 6.61 Å². The third-order valence-electron chi connectivity index (χ3n) is 3.06. The SMILES string of the molecule is CCOC(=O)C=CCOc1ccc(Cc2ccccc2)cc1. The van der Waals surface area contributed by atoms with Crippen LogP contribution in [0.3, 0.4) is 0 Å². The van der Waals surface area contributed by atoms with Crippen molar-refractivity contribution in [2.75, 3.05) is 13.2 Å². The minimum atomic E-state index is -0.343. The molecule has 22 heavy (non-hydrogen) atoms. The van der Waals surface area contributed by atoms with Gasteiger partial charge in [-0.15, -0.1) is 0 Å². The fourth-order valence-electron chi connectivity index (χ4n) is 2.01. The van der Waals surface area contributed by atoms with Gasteiger partial charge in [0.2, 0.25) is 0 Å². The molecule has 0 heterocycles. The molecule has 0 bridgehead atoms. The highest BCUT2D eigenvalue weighted by Gasteiger charge is 1.98. The summed E-state index contributed by atoms with van der Waals surface area (Å²) in [4.78, 5) is 11.1. The van der Waals surface area contributed by atoms with E-state index in [0.717, 1.165) is 12.2 Å². The van der Waals surface area contributed by atoms with Crippen LogP contribution in [0.2, 0.25) is 0 Å². The molecular weight excluding hydrogens is 276 g/mol. The van der Waals surface area contributed by atoms with E-state index < -0.39 is 0 Å². The molecule has 0 aliphatic rings. The first-order valence-corrected chi connectivity index (χ1v) is 7.37. The molecule has 0 atom stereocenters. The molecule has 0 aliphatic carbocycles. The summed E-state index contributed by atoms with van der Waals surface area (Å²) in [7, 11) is 0. The summed E-state index contributed by atoms with van der Waals surface area (Å²) in [5.41, 5.74) is 2.52. The van der Waals surface area contributed by atoms with Crippen LogP contribution < -0.4 is 4.74 Å². The highest BCUT2D eigenvalue weighted by Crippen LogP contribution is 2.15. The molecule has 0 N–H and O–H groups in total. The molecular formula is C19H20O3. The maximum absolute atomic E-state index is 11.1. The van der Waals surface area contributed by atoms with Crippen LogP contribution in [0.25, 0.3) is 0 Å². The molecule has 0 saturated heterocycles. The molecule has 0 saturated carbocycles. The van der Waals surface area contributed by atoms with Crippen molar-refractivity contribution >= 4 is 5.97 Å². The zero-order chi connectivity index (χ0) is 15.6. The van der Waals surface area contributed by atoms with E-state index in [4.69, 9.17) is 9.47 Å². The van der Waals surface area contributed by atoms with Crippen LogP contribution in [-0.2, 0) is 16.0 Å². The van der Waals surface area contributed by atoms with Gasteiger partial charge in [-0.2, -0.15) is 0 Å². The van der Waals surface area contributed by atoms with Crippen molar-refractivity contribution in [1.82, 2.24) is 0 Å². The second-order valence-corrected chi connectivity index (χ2v) is 4.77. The van der Waals surface area contributed by atoms with E-state index >= 15 is 0 Å². The van der Waals surface area contributed by atoms with Crippen molar-refractivity contribution in [2.45, 2.75) is 13.3 Å². The van der Waals surface area contributed by atoms with E-state index in [9.17, 15) is 4.79 Å². The number of benzene rings is 2. The molecule has 0 amide bonds. The highest BCUT2D eigenvalue weighted by molar-refractivity contribution is 5.81. The average molecular weight is 296 g/mol. The second kappa shape index (κ2) is 8.67. The average Bonchev–Trinajstić information content (AvgIpc) is 2.54. The van der Waals surface area contributed by atoms with E-state index in [2.05, 4.69) is 24.3 Å². The van der Waals surface area contributed by atoms with Crippen molar-refractivity contribution in [3.05, 3.63) is 77.9 Å². The second-order valence-electron chi connectivity index (χ2n) is 4.77. The molecule has 0 radical (unpaired) electrons. The Balaban J connectivity index is 1.81. The van der Waals surface area contributed by atoms with Crippen LogP contribution in [0, 0.1) is 0 Å². The van der Waals surface area contributed by atoms with Crippen LogP contribution in [0.5, 0.6) is 5.75 Å². The zero-order valence-electron chi connectivity index (χ0n) is 12.7. The molecule has 2 rings (SSSR count). The summed E-state index contributed by atoms with van der Waals surface area (Å²) in [6.07, 6.45) is 3.94. The Morgan fingerprint density at radius 1 is 1.00 bits per heavy atom. The highest BCUT2D eigenvalue weighted by atomic mass is 16.5. The quantitative estimate of drug-likeness (QED) is 0.576. The van der Waals surface area contributed by atoms with E-state index in [0.29, 0.717) is 13.2 Å². The van der Waals surface area contributed by atoms with Gasteiger partial charge in [0.15, 0.2) is 0 Å². The smallest absolute Gasteiger partial charge is 0.330 e. The number of rotatable bonds is 7. The lowest BCUT2D eigenvalue weighted by molar-refractivity contribution is -0.137. The topological polar surface area (TPSA) is 35.5 Å². The van der Waals surface area contributed by atoms with Gasteiger partial charge in [0, 0.05) is 6.08 Å². The lowest BCUT2D eigenvalue weighted by Crippen LogP contribution is -2.01. The first kappa shape index (κ1) is 15.8. The molecule has 114 valence electrons. The predicted octanol–water partition coefficient (Wildman–Crippen LogP) is 3.78. The Bertz CT molecular complexity index is 600. The number of carbonyl (C=O) groups excluding carboxylic acids is 1. The zero-order valence-corrected chi connectivity index (χ0v) is 12.7. The van der Waals surface area contributed by atoms with E-state index in [1.165, 1.54) is 17.2 Å². The first-order chi connectivity index (χ1) is 10.8. The minimum Gasteiger partial charge on any atom is -0.490 e. The van der Waals surface area contributed by atoms with Gasteiger partial charge >= 0.3 is 5.97 Å². The Hall–Kier alpha value is -2.55. The van der Waals surface area contributed by atoms with E-state index in [1.807, 2.05) is 30.3 Å². The van der Waals surface area contributed by atoms with Crippen molar-refractivity contribution in [1.29, 1.82) is 0 Å². The number of ether oxygens (including phenoxy) is 2. The van der Waals surface area contributed by atoms with Crippen LogP contribution in [0.4, 0.5) is 0 Å². The monoisotopic (exact) mass is 296 g/mol. The summed E-state index contributed by atoms with van der Waals surface area (Å²) < 4.78 is 10.3. The number of esters is 1. The predicted molar refractivity (Wildman–Crippen MR) is 87.0 cm³/mol. The fourth-order valence-corrected chi connectivity index (χ4v) is 2.01. The van der Waals surface area contributed by atoms with Gasteiger partial charge < -0.3 is 9.47 Å². The molecule has 0 fully saturated rings. The van der Waals surface area contributed by atoms with Gasteiger partial charge in [-0.05, 0) is 42.7 Å². The third-order valence-corrected chi connectivity index (χ3v) is 3.06. The van der Waals surface area contributed by atoms with Crippen LogP contribution in [0.1, 0.15) is 18.1 Å². The molecule has 0 spiro atoms. The van der Waals surface area contributed by atoms with Crippen LogP contribution >= 0.6 is 0 Å². The van der Waals surface area contributed by atoms with E-state index in [-0.39, 0.29) is 5.97 Å². The van der Waals surface area contributed by atoms with Crippen LogP contribution in [0.15, 0.2) is 66.7 Å². The summed E-state index contributed by atoms with van der Waals surface area (Å²) in [5, 5.41) is 0. The standard InChI is InChI=1S/C19H20O3/c1-2-21-19(20)9-6-14-22-18-12-10-17(11-13-18)15-16-7-4-3-5-8-16/h3-13H,2,14-15H2,1H3. The van der Waals surface area contributed by atoms with Crippen molar-refractivity contribution in [3.63, 3.8) is 0 Å². The fraction of sp³-hybridized carbons (Fsp3) is 0.211. The Labute approximate surface area is 131 Å². The summed E-state index contributed by atoms with van der Waals surface area (Å²) >= 11 is 0. The Morgan fingerprint density at radius 3 is 2.36 bits per heavy atom. The van der Waals surface area contributed by atoms with Crippen molar-refractivity contribution in [3.8, 4) is 5.75 Å². The lowest BCUT2D eigenvalue weighted by Gasteiger charge is -2.05. The summed E-state index contributed by atoms with van der Waals surface area (Å²) in [6, 6.07) is 18.3. The van der Waals surface area contributed by atoms with Gasteiger partial charge in [-0.25, -0.2) is 4.79 Å². The van der Waals surface area contributed by atoms with Crippen molar-refractivity contribution in [2.24, 2.45) is 0 Å². The molecule has 3 nitrogen and oxygen atoms in total. The largest absolute Gasteiger partial charge is 0.490 e. The van der Waals surface area contributed by atoms with Crippen molar-refractivity contribution < 1.29 is 14.3 Å². The first-order valence-electron chi connectivity index (χ1n) is 7.37. The lowest BCUT2D eigenvalue weighted by atomic mass is 10.1. The molecule has 0 aliphatic heterocycles. The minimum absolute atomic E-state index is 0.343. The Kier molecular flexibility index (Phi) is 6.24. The van der Waals surface area contributed by atoms with E-state index in [1.54, 1.807) is 13.0 Å².